The highest BCUT2D eigenvalue weighted by Crippen LogP contribution is 2.59. The number of amides is 1. The summed E-state index contributed by atoms with van der Waals surface area (Å²) in [5, 5.41) is 9.10. The molecule has 2 aliphatic rings. The van der Waals surface area contributed by atoms with Gasteiger partial charge in [0.15, 0.2) is 0 Å². The molecule has 3 rings (SSSR count). The van der Waals surface area contributed by atoms with Gasteiger partial charge >= 0.3 is 5.97 Å². The second kappa shape index (κ2) is 5.86. The minimum absolute atomic E-state index is 0.112. The van der Waals surface area contributed by atoms with Crippen molar-refractivity contribution in [3.05, 3.63) is 29.8 Å². The predicted octanol–water partition coefficient (Wildman–Crippen LogP) is 0.922. The van der Waals surface area contributed by atoms with Gasteiger partial charge in [0.1, 0.15) is 0 Å². The first kappa shape index (κ1) is 16.9. The summed E-state index contributed by atoms with van der Waals surface area (Å²) < 4.78 is 25.6. The topological polar surface area (TPSA) is 104 Å². The lowest BCUT2D eigenvalue weighted by Crippen LogP contribution is -2.40. The van der Waals surface area contributed by atoms with Gasteiger partial charge in [-0.3, -0.25) is 9.59 Å². The quantitative estimate of drug-likeness (QED) is 0.839. The van der Waals surface area contributed by atoms with Crippen molar-refractivity contribution >= 4 is 21.9 Å². The molecule has 7 nitrogen and oxygen atoms in total. The first-order valence-electron chi connectivity index (χ1n) is 7.85. The fraction of sp³-hybridized carbons (Fsp3) is 0.500. The van der Waals surface area contributed by atoms with Gasteiger partial charge < -0.3 is 10.0 Å². The molecule has 8 heteroatoms. The average molecular weight is 352 g/mol. The smallest absolute Gasteiger partial charge is 0.307 e. The lowest BCUT2D eigenvalue weighted by molar-refractivity contribution is -0.139. The van der Waals surface area contributed by atoms with Gasteiger partial charge in [0.05, 0.1) is 10.8 Å². The molecule has 0 bridgehead atoms. The third-order valence-electron chi connectivity index (χ3n) is 5.21. The van der Waals surface area contributed by atoms with Crippen molar-refractivity contribution in [3.63, 3.8) is 0 Å². The molecule has 1 atom stereocenters. The molecule has 1 aliphatic heterocycles. The number of sulfonamides is 1. The number of carboxylic acids is 1. The molecule has 1 aliphatic carbocycles. The van der Waals surface area contributed by atoms with Crippen molar-refractivity contribution in [1.29, 1.82) is 0 Å². The largest absolute Gasteiger partial charge is 0.481 e. The summed E-state index contributed by atoms with van der Waals surface area (Å²) in [6.45, 7) is 1.08. The highest BCUT2D eigenvalue weighted by molar-refractivity contribution is 7.89. The summed E-state index contributed by atoms with van der Waals surface area (Å²) in [7, 11) is -2.18. The molecular formula is C16H20N2O5S. The lowest BCUT2D eigenvalue weighted by Gasteiger charge is -2.32. The monoisotopic (exact) mass is 352 g/mol. The number of carbonyl (C=O) groups excluding carboxylic acids is 1. The highest BCUT2D eigenvalue weighted by Gasteiger charge is 2.59. The van der Waals surface area contributed by atoms with Gasteiger partial charge in [-0.25, -0.2) is 13.1 Å². The molecule has 2 N–H and O–H groups in total. The number of nitrogens with zero attached hydrogens (tertiary/aromatic N) is 1. The summed E-state index contributed by atoms with van der Waals surface area (Å²) in [5.41, 5.74) is 0.319. The van der Waals surface area contributed by atoms with Crippen LogP contribution in [-0.4, -0.2) is 50.4 Å². The van der Waals surface area contributed by atoms with Crippen LogP contribution in [0.25, 0.3) is 0 Å². The van der Waals surface area contributed by atoms with Crippen LogP contribution in [-0.2, 0) is 14.8 Å². The van der Waals surface area contributed by atoms with E-state index in [4.69, 9.17) is 5.11 Å². The first-order chi connectivity index (χ1) is 11.3. The van der Waals surface area contributed by atoms with Crippen molar-refractivity contribution in [2.45, 2.75) is 24.2 Å². The number of hydrogen-bond acceptors (Lipinski definition) is 4. The number of rotatable bonds is 4. The minimum Gasteiger partial charge on any atom is -0.481 e. The normalized spacial score (nSPS) is 22.4. The van der Waals surface area contributed by atoms with E-state index >= 15 is 0 Å². The van der Waals surface area contributed by atoms with Crippen molar-refractivity contribution < 1.29 is 23.1 Å². The van der Waals surface area contributed by atoms with Crippen LogP contribution in [0.5, 0.6) is 0 Å². The van der Waals surface area contributed by atoms with E-state index in [9.17, 15) is 18.0 Å². The maximum atomic E-state index is 12.5. The fourth-order valence-electron chi connectivity index (χ4n) is 3.48. The zero-order valence-corrected chi connectivity index (χ0v) is 14.2. The first-order valence-corrected chi connectivity index (χ1v) is 9.33. The average Bonchev–Trinajstić information content (AvgIpc) is 3.29. The Balaban J connectivity index is 1.65. The zero-order chi connectivity index (χ0) is 17.5. The van der Waals surface area contributed by atoms with E-state index in [-0.39, 0.29) is 22.1 Å². The van der Waals surface area contributed by atoms with Crippen LogP contribution < -0.4 is 4.72 Å². The number of carboxylic acid groups (broad SMARTS) is 1. The Kier molecular flexibility index (Phi) is 4.13. The molecular weight excluding hydrogens is 332 g/mol. The maximum Gasteiger partial charge on any atom is 0.307 e. The molecule has 24 heavy (non-hydrogen) atoms. The number of likely N-dealkylation sites (tertiary alicyclic amines) is 1. The molecule has 1 unspecified atom stereocenters. The molecule has 1 aromatic rings. The Hall–Kier alpha value is -1.93. The molecule has 1 saturated heterocycles. The number of benzene rings is 1. The molecule has 0 radical (unpaired) electrons. The van der Waals surface area contributed by atoms with Gasteiger partial charge in [0, 0.05) is 18.7 Å². The van der Waals surface area contributed by atoms with Crippen molar-refractivity contribution in [1.82, 2.24) is 9.62 Å². The van der Waals surface area contributed by atoms with Crippen LogP contribution in [0.2, 0.25) is 0 Å². The lowest BCUT2D eigenvalue weighted by atomic mass is 9.90. The van der Waals surface area contributed by atoms with Crippen LogP contribution >= 0.6 is 0 Å². The fourth-order valence-corrected chi connectivity index (χ4v) is 4.21. The van der Waals surface area contributed by atoms with E-state index in [2.05, 4.69) is 4.72 Å². The number of piperidine rings is 1. The van der Waals surface area contributed by atoms with Crippen molar-refractivity contribution in [2.24, 2.45) is 11.3 Å². The molecule has 1 amide bonds. The van der Waals surface area contributed by atoms with Gasteiger partial charge in [-0.05, 0) is 56.0 Å². The molecule has 130 valence electrons. The van der Waals surface area contributed by atoms with Crippen LogP contribution in [0.4, 0.5) is 0 Å². The van der Waals surface area contributed by atoms with Gasteiger partial charge in [-0.15, -0.1) is 0 Å². The van der Waals surface area contributed by atoms with Gasteiger partial charge in [-0.2, -0.15) is 0 Å². The number of aliphatic carboxylic acids is 1. The SMILES string of the molecule is CNS(=O)(=O)c1ccc(C(=O)N2CCC3(CC2)CC3C(=O)O)cc1. The van der Waals surface area contributed by atoms with Crippen LogP contribution in [0, 0.1) is 11.3 Å². The Bertz CT molecular complexity index is 764. The van der Waals surface area contributed by atoms with E-state index in [1.165, 1.54) is 31.3 Å². The summed E-state index contributed by atoms with van der Waals surface area (Å²) in [6, 6.07) is 5.83. The van der Waals surface area contributed by atoms with Crippen LogP contribution in [0.3, 0.4) is 0 Å². The predicted molar refractivity (Wildman–Crippen MR) is 86.0 cm³/mol. The van der Waals surface area contributed by atoms with E-state index in [1.807, 2.05) is 0 Å². The van der Waals surface area contributed by atoms with E-state index in [0.29, 0.717) is 37.9 Å². The Labute approximate surface area is 140 Å². The standard InChI is InChI=1S/C16H20N2O5S/c1-17-24(22,23)12-4-2-11(3-5-12)14(19)18-8-6-16(7-9-18)10-13(16)15(20)21/h2-5,13,17H,6-10H2,1H3,(H,20,21). The van der Waals surface area contributed by atoms with Gasteiger partial charge in [0.25, 0.3) is 5.91 Å². The molecule has 1 aromatic carbocycles. The third kappa shape index (κ3) is 2.91. The molecule has 1 heterocycles. The summed E-state index contributed by atoms with van der Waals surface area (Å²) in [6.07, 6.45) is 2.13. The number of nitrogens with one attached hydrogen (secondary N) is 1. The minimum atomic E-state index is -3.52. The maximum absolute atomic E-state index is 12.5. The van der Waals surface area contributed by atoms with E-state index < -0.39 is 16.0 Å². The van der Waals surface area contributed by atoms with Crippen LogP contribution in [0.15, 0.2) is 29.2 Å². The summed E-state index contributed by atoms with van der Waals surface area (Å²) in [5.74, 6) is -1.15. The van der Waals surface area contributed by atoms with Crippen molar-refractivity contribution in [3.8, 4) is 0 Å². The number of hydrogen-bond donors (Lipinski definition) is 2. The Morgan fingerprint density at radius 1 is 1.21 bits per heavy atom. The molecule has 2 fully saturated rings. The van der Waals surface area contributed by atoms with E-state index in [0.717, 1.165) is 0 Å². The summed E-state index contributed by atoms with van der Waals surface area (Å²) in [4.78, 5) is 25.4. The van der Waals surface area contributed by atoms with Crippen LogP contribution in [0.1, 0.15) is 29.6 Å². The second-order valence-corrected chi connectivity index (χ2v) is 8.37. The summed E-state index contributed by atoms with van der Waals surface area (Å²) >= 11 is 0. The third-order valence-corrected chi connectivity index (χ3v) is 6.64. The Morgan fingerprint density at radius 2 is 1.79 bits per heavy atom. The zero-order valence-electron chi connectivity index (χ0n) is 13.4. The molecule has 1 spiro atoms. The molecule has 0 aromatic heterocycles. The van der Waals surface area contributed by atoms with Crippen molar-refractivity contribution in [2.75, 3.05) is 20.1 Å². The number of carbonyl (C=O) groups is 2. The molecule has 1 saturated carbocycles. The second-order valence-electron chi connectivity index (χ2n) is 6.48. The van der Waals surface area contributed by atoms with Gasteiger partial charge in [0.2, 0.25) is 10.0 Å². The highest BCUT2D eigenvalue weighted by atomic mass is 32.2. The van der Waals surface area contributed by atoms with E-state index in [1.54, 1.807) is 4.90 Å². The van der Waals surface area contributed by atoms with Gasteiger partial charge in [-0.1, -0.05) is 0 Å². The Morgan fingerprint density at radius 3 is 2.25 bits per heavy atom.